The van der Waals surface area contributed by atoms with Crippen LogP contribution in [0.2, 0.25) is 20.1 Å². The summed E-state index contributed by atoms with van der Waals surface area (Å²) in [6.07, 6.45) is 0. The molecule has 0 amide bonds. The number of rotatable bonds is 8. The molecule has 0 aliphatic carbocycles. The summed E-state index contributed by atoms with van der Waals surface area (Å²) in [7, 11) is 0. The summed E-state index contributed by atoms with van der Waals surface area (Å²) in [5.74, 6) is 1.88. The zero-order valence-electron chi connectivity index (χ0n) is 16.9. The van der Waals surface area contributed by atoms with Gasteiger partial charge in [-0.1, -0.05) is 0 Å². The van der Waals surface area contributed by atoms with Crippen LogP contribution in [0.5, 0.6) is 23.0 Å². The molecule has 9 heteroatoms. The molecule has 0 fully saturated rings. The molecule has 0 atom stereocenters. The first-order valence-electron chi connectivity index (χ1n) is 9.67. The molecule has 0 N–H and O–H groups in total. The molecule has 0 aromatic heterocycles. The van der Waals surface area contributed by atoms with Gasteiger partial charge >= 0.3 is 218 Å². The van der Waals surface area contributed by atoms with Gasteiger partial charge in [-0.15, -0.1) is 0 Å². The van der Waals surface area contributed by atoms with Crippen molar-refractivity contribution in [1.82, 2.24) is 0 Å². The van der Waals surface area contributed by atoms with Gasteiger partial charge in [-0.2, -0.15) is 0 Å². The minimum atomic E-state index is -4.67. The van der Waals surface area contributed by atoms with Gasteiger partial charge in [0, 0.05) is 0 Å². The van der Waals surface area contributed by atoms with Gasteiger partial charge in [0.15, 0.2) is 0 Å². The molecule has 4 nitrogen and oxygen atoms in total. The van der Waals surface area contributed by atoms with Crippen LogP contribution in [-0.4, -0.2) is 0 Å². The molecule has 4 rings (SSSR count). The molecule has 4 aromatic carbocycles. The van der Waals surface area contributed by atoms with Gasteiger partial charge in [-0.25, -0.2) is 0 Å². The summed E-state index contributed by atoms with van der Waals surface area (Å²) in [4.78, 5) is 0. The van der Waals surface area contributed by atoms with Gasteiger partial charge < -0.3 is 0 Å². The summed E-state index contributed by atoms with van der Waals surface area (Å²) in [6, 6.07) is 27.3. The molecule has 0 saturated heterocycles. The Hall–Kier alpha value is -2.05. The third-order valence-electron chi connectivity index (χ3n) is 4.23. The Balaban J connectivity index is 1.77. The number of benzene rings is 4. The Morgan fingerprint density at radius 3 is 0.697 bits per heavy atom. The molecule has 0 spiro atoms. The first-order valence-corrected chi connectivity index (χ1v) is 13.7. The third kappa shape index (κ3) is 6.97. The van der Waals surface area contributed by atoms with E-state index < -0.39 is 18.1 Å². The van der Waals surface area contributed by atoms with Gasteiger partial charge in [0.25, 0.3) is 0 Å². The van der Waals surface area contributed by atoms with Crippen molar-refractivity contribution in [2.75, 3.05) is 0 Å². The van der Waals surface area contributed by atoms with Crippen molar-refractivity contribution in [2.24, 2.45) is 0 Å². The molecule has 0 heterocycles. The van der Waals surface area contributed by atoms with Gasteiger partial charge in [0.1, 0.15) is 0 Å². The van der Waals surface area contributed by atoms with E-state index in [2.05, 4.69) is 0 Å². The Morgan fingerprint density at radius 2 is 0.515 bits per heavy atom. The van der Waals surface area contributed by atoms with E-state index in [1.54, 1.807) is 97.1 Å². The Morgan fingerprint density at radius 1 is 0.333 bits per heavy atom. The fourth-order valence-corrected chi connectivity index (χ4v) is 6.26. The van der Waals surface area contributed by atoms with Crippen LogP contribution in [0.4, 0.5) is 0 Å². The zero-order chi connectivity index (χ0) is 23.3. The predicted octanol–water partition coefficient (Wildman–Crippen LogP) is 8.73. The molecule has 4 aromatic rings. The van der Waals surface area contributed by atoms with E-state index in [-0.39, 0.29) is 0 Å². The van der Waals surface area contributed by atoms with Crippen molar-refractivity contribution < 1.29 is 31.4 Å². The van der Waals surface area contributed by atoms with E-state index in [1.165, 1.54) is 0 Å². The molecular weight excluding hydrogens is 542 g/mol. The van der Waals surface area contributed by atoms with Gasteiger partial charge in [-0.05, 0) is 0 Å². The van der Waals surface area contributed by atoms with Crippen LogP contribution in [0.3, 0.4) is 0 Å². The normalized spacial score (nSPS) is 11.0. The summed E-state index contributed by atoms with van der Waals surface area (Å²) in [6.45, 7) is 0. The summed E-state index contributed by atoms with van der Waals surface area (Å²) in [5.41, 5.74) is 0. The van der Waals surface area contributed by atoms with Crippen LogP contribution in [0.15, 0.2) is 97.1 Å². The first kappa shape index (κ1) is 24.1. The van der Waals surface area contributed by atoms with Crippen LogP contribution in [0.25, 0.3) is 0 Å². The van der Waals surface area contributed by atoms with Crippen molar-refractivity contribution in [1.29, 1.82) is 0 Å². The van der Waals surface area contributed by atoms with Crippen molar-refractivity contribution in [3.05, 3.63) is 117 Å². The summed E-state index contributed by atoms with van der Waals surface area (Å²) in [5, 5.41) is 2.26. The van der Waals surface area contributed by atoms with E-state index in [1.807, 2.05) is 0 Å². The van der Waals surface area contributed by atoms with Crippen molar-refractivity contribution in [3.63, 3.8) is 0 Å². The Bertz CT molecular complexity index is 990. The fourth-order valence-electron chi connectivity index (χ4n) is 2.71. The Labute approximate surface area is 216 Å². The second-order valence-electron chi connectivity index (χ2n) is 6.72. The number of halogens is 4. The molecule has 0 saturated carbocycles. The maximum absolute atomic E-state index is 6.32. The summed E-state index contributed by atoms with van der Waals surface area (Å²) >= 11 is 19.5. The third-order valence-corrected chi connectivity index (χ3v) is 8.27. The second kappa shape index (κ2) is 10.9. The standard InChI is InChI=1S/4C6H5ClO.Ti/c4*7-5-1-3-6(8)4-2-5;/h4*1-4,8H;/q;;;;+4/p-4. The number of hydrogen-bond acceptors (Lipinski definition) is 4. The van der Waals surface area contributed by atoms with Crippen LogP contribution < -0.4 is 13.3 Å². The van der Waals surface area contributed by atoms with Crippen molar-refractivity contribution in [2.45, 2.75) is 0 Å². The average Bonchev–Trinajstić information content (AvgIpc) is 2.80. The van der Waals surface area contributed by atoms with Gasteiger partial charge in [0.2, 0.25) is 0 Å². The van der Waals surface area contributed by atoms with Gasteiger partial charge in [0.05, 0.1) is 0 Å². The monoisotopic (exact) mass is 556 g/mol. The summed E-state index contributed by atoms with van der Waals surface area (Å²) < 4.78 is 25.3. The Kier molecular flexibility index (Phi) is 7.97. The minimum absolute atomic E-state index is 0.469. The van der Waals surface area contributed by atoms with Crippen LogP contribution in [0.1, 0.15) is 0 Å². The molecule has 168 valence electrons. The molecule has 0 aliphatic heterocycles. The average molecular weight is 558 g/mol. The molecule has 0 unspecified atom stereocenters. The van der Waals surface area contributed by atoms with Crippen LogP contribution in [0, 0.1) is 0 Å². The van der Waals surface area contributed by atoms with E-state index >= 15 is 0 Å². The molecule has 33 heavy (non-hydrogen) atoms. The molecule has 0 radical (unpaired) electrons. The molecule has 0 bridgehead atoms. The molecular formula is C24H16Cl4O4Ti. The van der Waals surface area contributed by atoms with Crippen LogP contribution in [-0.2, 0) is 18.1 Å². The van der Waals surface area contributed by atoms with Gasteiger partial charge in [-0.3, -0.25) is 0 Å². The first-order chi connectivity index (χ1) is 15.9. The quantitative estimate of drug-likeness (QED) is 0.203. The van der Waals surface area contributed by atoms with E-state index in [0.29, 0.717) is 43.1 Å². The number of hydrogen-bond donors (Lipinski definition) is 0. The maximum atomic E-state index is 6.32. The molecule has 0 aliphatic rings. The zero-order valence-corrected chi connectivity index (χ0v) is 21.5. The fraction of sp³-hybridized carbons (Fsp3) is 0. The van der Waals surface area contributed by atoms with Crippen LogP contribution >= 0.6 is 46.4 Å². The van der Waals surface area contributed by atoms with E-state index in [4.69, 9.17) is 59.7 Å². The predicted molar refractivity (Wildman–Crippen MR) is 128 cm³/mol. The topological polar surface area (TPSA) is 36.9 Å². The second-order valence-corrected chi connectivity index (χ2v) is 11.3. The van der Waals surface area contributed by atoms with E-state index in [9.17, 15) is 0 Å². The van der Waals surface area contributed by atoms with Crippen molar-refractivity contribution in [3.8, 4) is 23.0 Å². The van der Waals surface area contributed by atoms with Crippen molar-refractivity contribution >= 4 is 46.4 Å². The SMILES string of the molecule is Clc1ccc([O][Ti]([O]c2ccc(Cl)cc2)([O]c2ccc(Cl)cc2)[O]c2ccc(Cl)cc2)cc1. The van der Waals surface area contributed by atoms with E-state index in [0.717, 1.165) is 0 Å².